The van der Waals surface area contributed by atoms with Gasteiger partial charge in [-0.15, -0.1) is 0 Å². The molecule has 7 heteroatoms. The topological polar surface area (TPSA) is 104 Å². The van der Waals surface area contributed by atoms with Crippen molar-refractivity contribution in [2.75, 3.05) is 26.2 Å². The molecule has 0 spiro atoms. The third-order valence-electron chi connectivity index (χ3n) is 3.65. The number of carbonyl (C=O) groups excluding carboxylic acids is 2. The maximum absolute atomic E-state index is 12.5. The number of amides is 3. The smallest absolute Gasteiger partial charge is 0.320 e. The van der Waals surface area contributed by atoms with Crippen molar-refractivity contribution in [1.29, 1.82) is 0 Å². The third-order valence-corrected chi connectivity index (χ3v) is 3.65. The Bertz CT molecular complexity index is 386. The molecule has 3 N–H and O–H groups in total. The Labute approximate surface area is 125 Å². The zero-order chi connectivity index (χ0) is 15.8. The number of carboxylic acid groups (broad SMARTS) is 1. The van der Waals surface area contributed by atoms with Crippen molar-refractivity contribution >= 4 is 17.9 Å². The van der Waals surface area contributed by atoms with E-state index in [4.69, 9.17) is 10.8 Å². The van der Waals surface area contributed by atoms with Crippen LogP contribution in [-0.2, 0) is 9.59 Å². The van der Waals surface area contributed by atoms with Gasteiger partial charge in [-0.2, -0.15) is 0 Å². The Kier molecular flexibility index (Phi) is 6.98. The highest BCUT2D eigenvalue weighted by atomic mass is 16.4. The Morgan fingerprint density at radius 2 is 2.10 bits per heavy atom. The second-order valence-electron chi connectivity index (χ2n) is 5.58. The fourth-order valence-electron chi connectivity index (χ4n) is 2.63. The van der Waals surface area contributed by atoms with Gasteiger partial charge in [0, 0.05) is 26.1 Å². The van der Waals surface area contributed by atoms with Crippen molar-refractivity contribution in [3.63, 3.8) is 0 Å². The molecule has 3 amide bonds. The van der Waals surface area contributed by atoms with Gasteiger partial charge in [-0.25, -0.2) is 4.79 Å². The number of carbonyl (C=O) groups is 3. The van der Waals surface area contributed by atoms with Crippen molar-refractivity contribution in [1.82, 2.24) is 9.80 Å². The number of hydrogen-bond acceptors (Lipinski definition) is 3. The first-order valence-corrected chi connectivity index (χ1v) is 7.48. The fourth-order valence-corrected chi connectivity index (χ4v) is 2.63. The molecule has 0 aromatic carbocycles. The number of hydrogen-bond donors (Lipinski definition) is 2. The number of aliphatic carboxylic acids is 1. The van der Waals surface area contributed by atoms with Crippen LogP contribution in [0.15, 0.2) is 0 Å². The minimum Gasteiger partial charge on any atom is -0.481 e. The number of primary amides is 1. The summed E-state index contributed by atoms with van der Waals surface area (Å²) in [6.45, 7) is 3.47. The molecular weight excluding hydrogens is 274 g/mol. The molecule has 0 radical (unpaired) electrons. The van der Waals surface area contributed by atoms with Gasteiger partial charge in [0.15, 0.2) is 0 Å². The fraction of sp³-hybridized carbons (Fsp3) is 0.786. The van der Waals surface area contributed by atoms with Crippen LogP contribution in [0.3, 0.4) is 0 Å². The van der Waals surface area contributed by atoms with Crippen LogP contribution in [0.2, 0.25) is 0 Å². The second kappa shape index (κ2) is 8.49. The summed E-state index contributed by atoms with van der Waals surface area (Å²) >= 11 is 0. The summed E-state index contributed by atoms with van der Waals surface area (Å²) in [5, 5.41) is 8.86. The summed E-state index contributed by atoms with van der Waals surface area (Å²) in [5.41, 5.74) is 5.20. The molecule has 7 nitrogen and oxygen atoms in total. The highest BCUT2D eigenvalue weighted by molar-refractivity contribution is 5.83. The van der Waals surface area contributed by atoms with E-state index < -0.39 is 11.9 Å². The van der Waals surface area contributed by atoms with Gasteiger partial charge in [0.05, 0.1) is 0 Å². The molecule has 1 atom stereocenters. The van der Waals surface area contributed by atoms with Gasteiger partial charge in [-0.1, -0.05) is 13.3 Å². The number of rotatable bonds is 7. The van der Waals surface area contributed by atoms with Crippen LogP contribution in [0.4, 0.5) is 4.79 Å². The van der Waals surface area contributed by atoms with Crippen molar-refractivity contribution in [3.05, 3.63) is 0 Å². The predicted molar refractivity (Wildman–Crippen MR) is 77.6 cm³/mol. The summed E-state index contributed by atoms with van der Waals surface area (Å²) in [7, 11) is 0. The summed E-state index contributed by atoms with van der Waals surface area (Å²) in [5.74, 6) is -1.38. The zero-order valence-corrected chi connectivity index (χ0v) is 12.6. The van der Waals surface area contributed by atoms with E-state index in [-0.39, 0.29) is 24.9 Å². The molecule has 1 saturated heterocycles. The predicted octanol–water partition coefficient (Wildman–Crippen LogP) is 0.881. The molecule has 0 aromatic heterocycles. The molecule has 0 aromatic rings. The lowest BCUT2D eigenvalue weighted by Gasteiger charge is -2.35. The average Bonchev–Trinajstić information content (AvgIpc) is 2.42. The standard InChI is InChI=1S/C14H25N3O4/c1-2-3-6-17(10-12(15)18)14(21)16-7-4-5-11(9-16)8-13(19)20/h11H,2-10H2,1H3,(H2,15,18)(H,19,20). The van der Waals surface area contributed by atoms with Crippen molar-refractivity contribution in [2.24, 2.45) is 11.7 Å². The molecule has 0 bridgehead atoms. The van der Waals surface area contributed by atoms with E-state index >= 15 is 0 Å². The van der Waals surface area contributed by atoms with Gasteiger partial charge >= 0.3 is 12.0 Å². The molecule has 21 heavy (non-hydrogen) atoms. The van der Waals surface area contributed by atoms with Crippen LogP contribution in [0, 0.1) is 5.92 Å². The normalized spacial score (nSPS) is 18.3. The molecule has 1 heterocycles. The SMILES string of the molecule is CCCCN(CC(N)=O)C(=O)N1CCCC(CC(=O)O)C1. The third kappa shape index (κ3) is 6.01. The van der Waals surface area contributed by atoms with E-state index in [1.165, 1.54) is 4.90 Å². The lowest BCUT2D eigenvalue weighted by atomic mass is 9.95. The number of urea groups is 1. The highest BCUT2D eigenvalue weighted by Gasteiger charge is 2.28. The molecule has 0 saturated carbocycles. The average molecular weight is 299 g/mol. The van der Waals surface area contributed by atoms with E-state index in [9.17, 15) is 14.4 Å². The number of unbranched alkanes of at least 4 members (excludes halogenated alkanes) is 1. The Hall–Kier alpha value is -1.79. The Morgan fingerprint density at radius 1 is 1.38 bits per heavy atom. The van der Waals surface area contributed by atoms with Gasteiger partial charge < -0.3 is 20.6 Å². The largest absolute Gasteiger partial charge is 0.481 e. The summed E-state index contributed by atoms with van der Waals surface area (Å²) in [6, 6.07) is -0.211. The van der Waals surface area contributed by atoms with E-state index in [0.717, 1.165) is 25.7 Å². The molecule has 1 aliphatic rings. The molecule has 1 rings (SSSR count). The van der Waals surface area contributed by atoms with E-state index in [1.54, 1.807) is 4.90 Å². The van der Waals surface area contributed by atoms with Gasteiger partial charge in [-0.3, -0.25) is 9.59 Å². The molecule has 1 aliphatic heterocycles. The quantitative estimate of drug-likeness (QED) is 0.728. The minimum atomic E-state index is -0.839. The lowest BCUT2D eigenvalue weighted by Crippen LogP contribution is -2.50. The molecule has 1 fully saturated rings. The first-order chi connectivity index (χ1) is 9.93. The molecule has 0 aliphatic carbocycles. The van der Waals surface area contributed by atoms with E-state index in [2.05, 4.69) is 0 Å². The van der Waals surface area contributed by atoms with Gasteiger partial charge in [0.1, 0.15) is 6.54 Å². The second-order valence-corrected chi connectivity index (χ2v) is 5.58. The maximum Gasteiger partial charge on any atom is 0.320 e. The summed E-state index contributed by atoms with van der Waals surface area (Å²) in [4.78, 5) is 37.5. The summed E-state index contributed by atoms with van der Waals surface area (Å²) < 4.78 is 0. The van der Waals surface area contributed by atoms with E-state index in [0.29, 0.717) is 19.6 Å². The van der Waals surface area contributed by atoms with Crippen molar-refractivity contribution in [3.8, 4) is 0 Å². The Morgan fingerprint density at radius 3 is 2.67 bits per heavy atom. The van der Waals surface area contributed by atoms with Crippen LogP contribution in [0.25, 0.3) is 0 Å². The monoisotopic (exact) mass is 299 g/mol. The first-order valence-electron chi connectivity index (χ1n) is 7.48. The van der Waals surface area contributed by atoms with Crippen LogP contribution < -0.4 is 5.73 Å². The van der Waals surface area contributed by atoms with Crippen LogP contribution in [-0.4, -0.2) is 59.0 Å². The maximum atomic E-state index is 12.5. The number of likely N-dealkylation sites (tertiary alicyclic amines) is 1. The molecular formula is C14H25N3O4. The van der Waals surface area contributed by atoms with Gasteiger partial charge in [0.2, 0.25) is 5.91 Å². The van der Waals surface area contributed by atoms with Gasteiger partial charge in [-0.05, 0) is 25.2 Å². The van der Waals surface area contributed by atoms with Crippen molar-refractivity contribution in [2.45, 2.75) is 39.0 Å². The summed E-state index contributed by atoms with van der Waals surface area (Å²) in [6.07, 6.45) is 3.42. The zero-order valence-electron chi connectivity index (χ0n) is 12.6. The number of piperidine rings is 1. The minimum absolute atomic E-state index is 0.0122. The lowest BCUT2D eigenvalue weighted by molar-refractivity contribution is -0.138. The van der Waals surface area contributed by atoms with Crippen LogP contribution in [0.1, 0.15) is 39.0 Å². The molecule has 120 valence electrons. The Balaban J connectivity index is 2.63. The molecule has 1 unspecified atom stereocenters. The first kappa shape index (κ1) is 17.3. The van der Waals surface area contributed by atoms with Crippen LogP contribution >= 0.6 is 0 Å². The highest BCUT2D eigenvalue weighted by Crippen LogP contribution is 2.20. The van der Waals surface area contributed by atoms with Crippen LogP contribution in [0.5, 0.6) is 0 Å². The number of carboxylic acids is 1. The van der Waals surface area contributed by atoms with Crippen molar-refractivity contribution < 1.29 is 19.5 Å². The van der Waals surface area contributed by atoms with E-state index in [1.807, 2.05) is 6.92 Å². The number of nitrogens with zero attached hydrogens (tertiary/aromatic N) is 2. The van der Waals surface area contributed by atoms with Gasteiger partial charge in [0.25, 0.3) is 0 Å². The number of nitrogens with two attached hydrogens (primary N) is 1.